The zero-order valence-corrected chi connectivity index (χ0v) is 18.9. The Labute approximate surface area is 199 Å². The van der Waals surface area contributed by atoms with Crippen molar-refractivity contribution in [1.29, 1.82) is 0 Å². The molecule has 1 amide bonds. The number of nitrogens with zero attached hydrogens (tertiary/aromatic N) is 1. The number of ether oxygens (including phenoxy) is 3. The van der Waals surface area contributed by atoms with E-state index in [4.69, 9.17) is 18.6 Å². The van der Waals surface area contributed by atoms with Gasteiger partial charge in [0.15, 0.2) is 11.5 Å². The molecule has 180 valence electrons. The predicted octanol–water partition coefficient (Wildman–Crippen LogP) is 2.84. The van der Waals surface area contributed by atoms with Crippen LogP contribution < -0.4 is 25.2 Å². The molecule has 10 heteroatoms. The van der Waals surface area contributed by atoms with Gasteiger partial charge in [-0.15, -0.1) is 0 Å². The smallest absolute Gasteiger partial charge is 0.343 e. The highest BCUT2D eigenvalue weighted by Crippen LogP contribution is 2.45. The Hall–Kier alpha value is -4.47. The molecule has 0 saturated carbocycles. The number of fused-ring (bicyclic) bond motifs is 2. The molecule has 10 nitrogen and oxygen atoms in total. The Bertz CT molecular complexity index is 1430. The van der Waals surface area contributed by atoms with Crippen molar-refractivity contribution in [2.24, 2.45) is 0 Å². The Morgan fingerprint density at radius 1 is 1.29 bits per heavy atom. The maximum absolute atomic E-state index is 13.1. The van der Waals surface area contributed by atoms with Crippen molar-refractivity contribution in [2.45, 2.75) is 18.8 Å². The number of hydrogen-bond acceptors (Lipinski definition) is 8. The van der Waals surface area contributed by atoms with E-state index in [9.17, 15) is 14.7 Å². The number of aromatic amines is 1. The number of nitrogens with one attached hydrogen (secondary N) is 2. The minimum absolute atomic E-state index is 0.0201. The number of carbonyl (C=O) groups excluding carboxylic acids is 1. The predicted molar refractivity (Wildman–Crippen MR) is 125 cm³/mol. The highest BCUT2D eigenvalue weighted by molar-refractivity contribution is 5.85. The van der Waals surface area contributed by atoms with Gasteiger partial charge in [0.2, 0.25) is 18.4 Å². The summed E-state index contributed by atoms with van der Waals surface area (Å²) >= 11 is 0. The molecule has 0 saturated heterocycles. The van der Waals surface area contributed by atoms with Crippen molar-refractivity contribution in [3.05, 3.63) is 76.2 Å². The van der Waals surface area contributed by atoms with Gasteiger partial charge in [0.1, 0.15) is 11.3 Å². The lowest BCUT2D eigenvalue weighted by atomic mass is 9.87. The fourth-order valence-electron chi connectivity index (χ4n) is 4.21. The van der Waals surface area contributed by atoms with Crippen LogP contribution in [0.3, 0.4) is 0 Å². The van der Waals surface area contributed by atoms with Gasteiger partial charge < -0.3 is 34.0 Å². The van der Waals surface area contributed by atoms with Crippen molar-refractivity contribution in [2.75, 3.05) is 20.4 Å². The van der Waals surface area contributed by atoms with Gasteiger partial charge in [-0.05, 0) is 29.8 Å². The number of rotatable bonds is 8. The van der Waals surface area contributed by atoms with E-state index < -0.39 is 11.5 Å². The number of methoxy groups -OCH3 is 1. The molecule has 2 aromatic carbocycles. The van der Waals surface area contributed by atoms with Crippen LogP contribution in [0.4, 0.5) is 0 Å². The summed E-state index contributed by atoms with van der Waals surface area (Å²) in [6.45, 7) is 0.397. The third kappa shape index (κ3) is 4.37. The molecule has 0 bridgehead atoms. The molecule has 1 aliphatic rings. The second-order valence-corrected chi connectivity index (χ2v) is 8.04. The summed E-state index contributed by atoms with van der Waals surface area (Å²) in [5, 5.41) is 14.3. The van der Waals surface area contributed by atoms with Crippen LogP contribution in [0, 0.1) is 0 Å². The third-order valence-electron chi connectivity index (χ3n) is 5.91. The average molecular weight is 477 g/mol. The summed E-state index contributed by atoms with van der Waals surface area (Å²) in [5.74, 6) is -0.125. The number of amides is 1. The fourth-order valence-corrected chi connectivity index (χ4v) is 4.21. The Morgan fingerprint density at radius 2 is 2.14 bits per heavy atom. The van der Waals surface area contributed by atoms with Crippen molar-refractivity contribution in [1.82, 2.24) is 15.3 Å². The van der Waals surface area contributed by atoms with Gasteiger partial charge in [0.25, 0.3) is 0 Å². The highest BCUT2D eigenvalue weighted by atomic mass is 16.7. The number of para-hydroxylation sites is 1. The van der Waals surface area contributed by atoms with Crippen LogP contribution in [0.15, 0.2) is 58.1 Å². The molecule has 1 atom stereocenters. The molecule has 5 rings (SSSR count). The van der Waals surface area contributed by atoms with Gasteiger partial charge in [0.05, 0.1) is 24.4 Å². The van der Waals surface area contributed by atoms with E-state index in [-0.39, 0.29) is 36.0 Å². The summed E-state index contributed by atoms with van der Waals surface area (Å²) < 4.78 is 21.9. The van der Waals surface area contributed by atoms with E-state index >= 15 is 0 Å². The average Bonchev–Trinajstić information content (AvgIpc) is 3.55. The van der Waals surface area contributed by atoms with E-state index in [1.165, 1.54) is 7.11 Å². The molecule has 1 unspecified atom stereocenters. The Morgan fingerprint density at radius 3 is 2.94 bits per heavy atom. The van der Waals surface area contributed by atoms with E-state index in [1.807, 2.05) is 0 Å². The van der Waals surface area contributed by atoms with Crippen LogP contribution in [-0.4, -0.2) is 41.4 Å². The number of benzene rings is 2. The second kappa shape index (κ2) is 9.41. The Balaban J connectivity index is 1.53. The molecule has 3 heterocycles. The zero-order chi connectivity index (χ0) is 24.4. The van der Waals surface area contributed by atoms with Crippen molar-refractivity contribution in [3.8, 4) is 23.0 Å². The van der Waals surface area contributed by atoms with Crippen molar-refractivity contribution < 1.29 is 28.5 Å². The van der Waals surface area contributed by atoms with Crippen molar-refractivity contribution >= 4 is 16.9 Å². The minimum Gasteiger partial charge on any atom is -0.507 e. The van der Waals surface area contributed by atoms with Crippen molar-refractivity contribution in [3.63, 3.8) is 0 Å². The minimum atomic E-state index is -0.841. The summed E-state index contributed by atoms with van der Waals surface area (Å²) in [6, 6.07) is 10.0. The first-order valence-corrected chi connectivity index (χ1v) is 11.0. The number of carbonyl (C=O) groups is 1. The summed E-state index contributed by atoms with van der Waals surface area (Å²) in [7, 11) is 1.49. The molecule has 3 N–H and O–H groups in total. The quantitative estimate of drug-likeness (QED) is 0.330. The summed E-state index contributed by atoms with van der Waals surface area (Å²) in [4.78, 5) is 33.0. The number of aromatic nitrogens is 2. The lowest BCUT2D eigenvalue weighted by Crippen LogP contribution is -2.28. The number of H-pyrrole nitrogens is 1. The van der Waals surface area contributed by atoms with Crippen LogP contribution in [0.2, 0.25) is 0 Å². The van der Waals surface area contributed by atoms with Crippen LogP contribution in [0.5, 0.6) is 23.0 Å². The lowest BCUT2D eigenvalue weighted by molar-refractivity contribution is -0.121. The molecule has 0 aliphatic carbocycles. The summed E-state index contributed by atoms with van der Waals surface area (Å²) in [5.41, 5.74) is 0.925. The zero-order valence-electron chi connectivity index (χ0n) is 18.9. The highest BCUT2D eigenvalue weighted by Gasteiger charge is 2.30. The first kappa shape index (κ1) is 22.3. The number of aromatic hydroxyl groups is 1. The van der Waals surface area contributed by atoms with Gasteiger partial charge in [-0.3, -0.25) is 4.79 Å². The molecule has 0 spiro atoms. The van der Waals surface area contributed by atoms with Gasteiger partial charge in [-0.1, -0.05) is 12.1 Å². The molecular weight excluding hydrogens is 454 g/mol. The van der Waals surface area contributed by atoms with E-state index in [2.05, 4.69) is 15.3 Å². The molecule has 0 radical (unpaired) electrons. The van der Waals surface area contributed by atoms with Gasteiger partial charge >= 0.3 is 5.63 Å². The van der Waals surface area contributed by atoms with Crippen LogP contribution >= 0.6 is 0 Å². The lowest BCUT2D eigenvalue weighted by Gasteiger charge is -2.20. The van der Waals surface area contributed by atoms with Crippen LogP contribution in [0.1, 0.15) is 29.2 Å². The molecule has 35 heavy (non-hydrogen) atoms. The van der Waals surface area contributed by atoms with Gasteiger partial charge in [-0.2, -0.15) is 0 Å². The second-order valence-electron chi connectivity index (χ2n) is 8.04. The number of hydrogen-bond donors (Lipinski definition) is 3. The Kier molecular flexibility index (Phi) is 6.01. The third-order valence-corrected chi connectivity index (χ3v) is 5.91. The number of imidazole rings is 1. The van der Waals surface area contributed by atoms with Crippen LogP contribution in [-0.2, 0) is 11.2 Å². The SMILES string of the molecule is COc1cc(C(CC(=O)NCCc2cnc[nH]2)c2c(O)c3ccccc3oc2=O)cc2c1OCO2. The van der Waals surface area contributed by atoms with E-state index in [0.29, 0.717) is 41.2 Å². The van der Waals surface area contributed by atoms with Gasteiger partial charge in [0, 0.05) is 37.2 Å². The first-order chi connectivity index (χ1) is 17.0. The molecule has 1 aliphatic heterocycles. The normalized spacial score (nSPS) is 13.1. The monoisotopic (exact) mass is 477 g/mol. The summed E-state index contributed by atoms with van der Waals surface area (Å²) in [6.07, 6.45) is 3.70. The molecule has 0 fully saturated rings. The standard InChI is InChI=1S/C25H23N3O7/c1-32-19-8-14(9-20-24(19)34-13-33-20)17(10-21(29)27-7-6-15-11-26-12-28-15)22-23(30)16-4-2-3-5-18(16)35-25(22)31/h2-5,8-9,11-12,17,30H,6-7,10,13H2,1H3,(H,26,28)(H,27,29). The van der Waals surface area contributed by atoms with E-state index in [0.717, 1.165) is 5.69 Å². The first-order valence-electron chi connectivity index (χ1n) is 11.0. The topological polar surface area (TPSA) is 136 Å². The molecule has 2 aromatic heterocycles. The maximum atomic E-state index is 13.1. The largest absolute Gasteiger partial charge is 0.507 e. The maximum Gasteiger partial charge on any atom is 0.343 e. The van der Waals surface area contributed by atoms with E-state index in [1.54, 1.807) is 48.9 Å². The van der Waals surface area contributed by atoms with Gasteiger partial charge in [-0.25, -0.2) is 9.78 Å². The fraction of sp³-hybridized carbons (Fsp3) is 0.240. The molecular formula is C25H23N3O7. The van der Waals surface area contributed by atoms with Crippen LogP contribution in [0.25, 0.3) is 11.0 Å². The molecule has 4 aromatic rings.